The van der Waals surface area contributed by atoms with Gasteiger partial charge in [0.2, 0.25) is 10.6 Å². The lowest BCUT2D eigenvalue weighted by atomic mass is 10.2. The quantitative estimate of drug-likeness (QED) is 0.0589. The number of benzene rings is 2. The topological polar surface area (TPSA) is 218 Å². The number of pyridine rings is 2. The molecule has 8 aromatic rings. The van der Waals surface area contributed by atoms with Gasteiger partial charge in [0.25, 0.3) is 0 Å². The van der Waals surface area contributed by atoms with Gasteiger partial charge in [-0.05, 0) is 58.6 Å². The number of ether oxygens (including phenoxy) is 2. The van der Waals surface area contributed by atoms with Crippen molar-refractivity contribution in [3.05, 3.63) is 157 Å². The Kier molecular flexibility index (Phi) is 20.0. The van der Waals surface area contributed by atoms with Crippen molar-refractivity contribution in [2.24, 2.45) is 5.73 Å². The zero-order valence-electron chi connectivity index (χ0n) is 33.9. The predicted molar refractivity (Wildman–Crippen MR) is 252 cm³/mol. The van der Waals surface area contributed by atoms with Crippen LogP contribution in [0.4, 0.5) is 24.2 Å². The molecule has 66 heavy (non-hydrogen) atoms. The number of alkyl carbamates (subject to hydrolysis) is 2. The summed E-state index contributed by atoms with van der Waals surface area (Å²) in [6, 6.07) is 24.7. The number of thiazole rings is 2. The molecule has 0 bridgehead atoms. The first kappa shape index (κ1) is 50.7. The third-order valence-corrected chi connectivity index (χ3v) is 11.1. The highest BCUT2D eigenvalue weighted by atomic mass is 35.5. The van der Waals surface area contributed by atoms with Crippen LogP contribution in [0.2, 0.25) is 15.7 Å². The number of hydrogen-bond donors (Lipinski definition) is 4. The molecule has 8 rings (SSSR count). The summed E-state index contributed by atoms with van der Waals surface area (Å²) in [6.07, 6.45) is 3.08. The van der Waals surface area contributed by atoms with E-state index >= 15 is 0 Å². The van der Waals surface area contributed by atoms with Gasteiger partial charge in [-0.1, -0.05) is 102 Å². The highest BCUT2D eigenvalue weighted by molar-refractivity contribution is 7.18. The van der Waals surface area contributed by atoms with Gasteiger partial charge in [-0.15, -0.1) is 0 Å². The maximum Gasteiger partial charge on any atom is 0.407 e. The van der Waals surface area contributed by atoms with Crippen LogP contribution in [0.1, 0.15) is 40.0 Å². The molecule has 0 radical (unpaired) electrons. The molecular formula is C43H41Cl3F2N12O4S2. The minimum atomic E-state index is -0.502. The fraction of sp³-hybridized carbons (Fsp3) is 0.209. The van der Waals surface area contributed by atoms with Gasteiger partial charge in [0.1, 0.15) is 40.7 Å². The Balaban J connectivity index is 0.000000211. The van der Waals surface area contributed by atoms with Gasteiger partial charge in [0.15, 0.2) is 15.8 Å². The Morgan fingerprint density at radius 3 is 1.61 bits per heavy atom. The molecule has 344 valence electrons. The number of carbonyl (C=O) groups is 2. The third kappa shape index (κ3) is 15.7. The standard InChI is InChI=1S/C21H18ClFN6O2S.C15H12Cl2N4O2S.C6H7FN2.CH4/c22-20-28-18(26-11-15-14(23)7-4-9-24-15)17-19(29-20)32-16(27-17)8-10-25-21(30)31-12-13-5-2-1-3-6-13;16-12-11-13(21-14(17)20-12)24-10(19-11)6-7-18-15(22)23-8-9-4-2-1-3-5-9;7-5-2-1-3-9-6(5)4-8;/h1-7,9H,8,10-12H2,(H,25,30)(H,26,28,29);1-5H,6-8H2,(H,18,22);1-3H,4,8H2;1H4. The van der Waals surface area contributed by atoms with Crippen molar-refractivity contribution in [1.29, 1.82) is 0 Å². The van der Waals surface area contributed by atoms with Gasteiger partial charge in [-0.25, -0.2) is 43.3 Å². The molecule has 2 amide bonds. The number of rotatable bonds is 14. The molecule has 0 aliphatic rings. The van der Waals surface area contributed by atoms with Crippen molar-refractivity contribution in [3.63, 3.8) is 0 Å². The first-order valence-electron chi connectivity index (χ1n) is 19.4. The largest absolute Gasteiger partial charge is 0.445 e. The molecule has 0 saturated carbocycles. The average Bonchev–Trinajstić information content (AvgIpc) is 3.92. The lowest BCUT2D eigenvalue weighted by Gasteiger charge is -2.06. The molecule has 2 aromatic carbocycles. The summed E-state index contributed by atoms with van der Waals surface area (Å²) in [4.78, 5) is 57.7. The fourth-order valence-corrected chi connectivity index (χ4v) is 7.98. The van der Waals surface area contributed by atoms with Crippen LogP contribution in [-0.4, -0.2) is 65.1 Å². The summed E-state index contributed by atoms with van der Waals surface area (Å²) in [7, 11) is 0. The van der Waals surface area contributed by atoms with E-state index in [4.69, 9.17) is 50.0 Å². The Hall–Kier alpha value is -6.29. The number of nitrogens with two attached hydrogens (primary N) is 1. The molecular weight excluding hydrogens is 957 g/mol. The first-order valence-corrected chi connectivity index (χ1v) is 22.1. The van der Waals surface area contributed by atoms with Gasteiger partial charge in [-0.3, -0.25) is 9.97 Å². The third-order valence-electron chi connectivity index (χ3n) is 8.44. The smallest absolute Gasteiger partial charge is 0.407 e. The van der Waals surface area contributed by atoms with Gasteiger partial charge in [0, 0.05) is 44.9 Å². The van der Waals surface area contributed by atoms with Crippen LogP contribution in [0.15, 0.2) is 97.3 Å². The van der Waals surface area contributed by atoms with Crippen molar-refractivity contribution in [1.82, 2.24) is 50.5 Å². The summed E-state index contributed by atoms with van der Waals surface area (Å²) >= 11 is 20.5. The van der Waals surface area contributed by atoms with E-state index in [-0.39, 0.29) is 61.0 Å². The maximum atomic E-state index is 13.8. The summed E-state index contributed by atoms with van der Waals surface area (Å²) in [5.74, 6) is -0.358. The van der Waals surface area contributed by atoms with Crippen molar-refractivity contribution in [2.75, 3.05) is 18.4 Å². The number of fused-ring (bicyclic) bond motifs is 2. The minimum absolute atomic E-state index is 0. The lowest BCUT2D eigenvalue weighted by Crippen LogP contribution is -2.26. The van der Waals surface area contributed by atoms with Gasteiger partial charge in [-0.2, -0.15) is 4.98 Å². The fourth-order valence-electron chi connectivity index (χ4n) is 5.36. The van der Waals surface area contributed by atoms with Crippen LogP contribution < -0.4 is 21.7 Å². The lowest BCUT2D eigenvalue weighted by molar-refractivity contribution is 0.139. The van der Waals surface area contributed by atoms with Crippen molar-refractivity contribution < 1.29 is 27.8 Å². The van der Waals surface area contributed by atoms with E-state index in [1.165, 1.54) is 59.3 Å². The Morgan fingerprint density at radius 2 is 1.11 bits per heavy atom. The van der Waals surface area contributed by atoms with Crippen LogP contribution in [0.25, 0.3) is 20.7 Å². The molecule has 23 heteroatoms. The second-order valence-corrected chi connectivity index (χ2v) is 16.2. The number of aromatic nitrogens is 8. The van der Waals surface area contributed by atoms with Crippen LogP contribution in [0, 0.1) is 11.6 Å². The number of hydrogen-bond acceptors (Lipinski definition) is 16. The van der Waals surface area contributed by atoms with Gasteiger partial charge >= 0.3 is 12.2 Å². The van der Waals surface area contributed by atoms with Gasteiger partial charge < -0.3 is 31.2 Å². The van der Waals surface area contributed by atoms with E-state index in [1.807, 2.05) is 60.7 Å². The van der Waals surface area contributed by atoms with Crippen LogP contribution in [0.3, 0.4) is 0 Å². The van der Waals surface area contributed by atoms with E-state index in [2.05, 4.69) is 55.8 Å². The molecule has 0 saturated heterocycles. The molecule has 0 aliphatic carbocycles. The zero-order chi connectivity index (χ0) is 46.0. The molecule has 6 aromatic heterocycles. The summed E-state index contributed by atoms with van der Waals surface area (Å²) < 4.78 is 36.6. The SMILES string of the molecule is C.NCc1ncccc1F.O=C(NCCc1nc2c(Cl)nc(Cl)nc2s1)OCc1ccccc1.O=C(NCCc1nc2c(NCc3ncccc3F)nc(Cl)nc2s1)OCc1ccccc1. The number of nitrogens with one attached hydrogen (secondary N) is 3. The molecule has 6 heterocycles. The highest BCUT2D eigenvalue weighted by Crippen LogP contribution is 2.28. The average molecular weight is 998 g/mol. The zero-order valence-corrected chi connectivity index (χ0v) is 37.8. The summed E-state index contributed by atoms with van der Waals surface area (Å²) in [5, 5.41) is 10.3. The van der Waals surface area contributed by atoms with Crippen LogP contribution in [-0.2, 0) is 48.6 Å². The monoisotopic (exact) mass is 996 g/mol. The van der Waals surface area contributed by atoms with E-state index in [1.54, 1.807) is 0 Å². The normalized spacial score (nSPS) is 10.5. The van der Waals surface area contributed by atoms with E-state index in [9.17, 15) is 18.4 Å². The molecule has 0 aliphatic heterocycles. The number of anilines is 1. The molecule has 5 N–H and O–H groups in total. The van der Waals surface area contributed by atoms with Crippen LogP contribution >= 0.6 is 57.5 Å². The maximum absolute atomic E-state index is 13.8. The first-order chi connectivity index (χ1) is 31.5. The molecule has 0 spiro atoms. The summed E-state index contributed by atoms with van der Waals surface area (Å²) in [6.45, 7) is 1.46. The van der Waals surface area contributed by atoms with Crippen molar-refractivity contribution in [2.45, 2.75) is 46.6 Å². The van der Waals surface area contributed by atoms with Crippen LogP contribution in [0.5, 0.6) is 0 Å². The number of nitrogens with zero attached hydrogens (tertiary/aromatic N) is 8. The number of halogens is 5. The van der Waals surface area contributed by atoms with E-state index in [0.29, 0.717) is 58.1 Å². The Morgan fingerprint density at radius 1 is 0.621 bits per heavy atom. The minimum Gasteiger partial charge on any atom is -0.445 e. The second kappa shape index (κ2) is 26.0. The van der Waals surface area contributed by atoms with E-state index < -0.39 is 18.0 Å². The van der Waals surface area contributed by atoms with E-state index in [0.717, 1.165) is 21.1 Å². The van der Waals surface area contributed by atoms with Crippen molar-refractivity contribution in [3.8, 4) is 0 Å². The number of amides is 2. The Bertz CT molecular complexity index is 2820. The Labute approximate surface area is 400 Å². The van der Waals surface area contributed by atoms with Crippen molar-refractivity contribution >= 4 is 96.2 Å². The molecule has 0 unspecified atom stereocenters. The predicted octanol–water partition coefficient (Wildman–Crippen LogP) is 9.53. The van der Waals surface area contributed by atoms with Gasteiger partial charge in [0.05, 0.1) is 27.9 Å². The molecule has 16 nitrogen and oxygen atoms in total. The highest BCUT2D eigenvalue weighted by Gasteiger charge is 2.15. The molecule has 0 atom stereocenters. The number of carbonyl (C=O) groups excluding carboxylic acids is 2. The second-order valence-electron chi connectivity index (χ2n) is 13.0. The summed E-state index contributed by atoms with van der Waals surface area (Å²) in [5.41, 5.74) is 8.61. The molecule has 0 fully saturated rings.